The van der Waals surface area contributed by atoms with Crippen LogP contribution in [0.1, 0.15) is 24.9 Å². The first kappa shape index (κ1) is 13.6. The lowest BCUT2D eigenvalue weighted by Crippen LogP contribution is -2.40. The highest BCUT2D eigenvalue weighted by Gasteiger charge is 2.51. The highest BCUT2D eigenvalue weighted by atomic mass is 16.5. The number of para-hydroxylation sites is 1. The molecule has 3 heterocycles. The van der Waals surface area contributed by atoms with E-state index in [1.807, 2.05) is 7.11 Å². The minimum Gasteiger partial charge on any atom is -0.374 e. The van der Waals surface area contributed by atoms with Crippen molar-refractivity contribution in [2.24, 2.45) is 5.92 Å². The second-order valence-corrected chi connectivity index (χ2v) is 6.69. The molecule has 1 saturated heterocycles. The third-order valence-electron chi connectivity index (χ3n) is 5.69. The van der Waals surface area contributed by atoms with E-state index in [1.54, 1.807) is 0 Å². The molecule has 2 aromatic rings. The molecule has 0 saturated carbocycles. The molecular weight excluding hydrogens is 286 g/mol. The number of aromatic nitrogens is 1. The van der Waals surface area contributed by atoms with Crippen LogP contribution >= 0.6 is 0 Å². The van der Waals surface area contributed by atoms with Gasteiger partial charge in [0.1, 0.15) is 6.10 Å². The maximum Gasteiger partial charge on any atom is 0.105 e. The van der Waals surface area contributed by atoms with Gasteiger partial charge in [-0.3, -0.25) is 0 Å². The van der Waals surface area contributed by atoms with Crippen molar-refractivity contribution in [2.45, 2.75) is 31.6 Å². The second kappa shape index (κ2) is 4.83. The molecule has 0 radical (unpaired) electrons. The molecule has 118 valence electrons. The Labute approximate surface area is 136 Å². The summed E-state index contributed by atoms with van der Waals surface area (Å²) in [6.45, 7) is 2.94. The topological polar surface area (TPSA) is 23.4 Å². The molecule has 3 nitrogen and oxygen atoms in total. The first-order valence-electron chi connectivity index (χ1n) is 8.46. The summed E-state index contributed by atoms with van der Waals surface area (Å²) in [6.07, 6.45) is 8.01. The Morgan fingerprint density at radius 3 is 3.04 bits per heavy atom. The largest absolute Gasteiger partial charge is 0.374 e. The standard InChI is InChI=1S/C20H21NO2/c1-3-5-15-20(22-2)17-16(14-9-11-23-19(14)17)13-7-4-6-12-8-10-21(15)18(12)13/h3-8,10,14-15,19-20H,9,11H2,1-2H3/b5-3+/t14-,15-,19-,20+/m1/s1. The number of methoxy groups -OCH3 is 1. The maximum atomic E-state index is 6.04. The van der Waals surface area contributed by atoms with Crippen LogP contribution in [0.5, 0.6) is 0 Å². The number of benzene rings is 1. The summed E-state index contributed by atoms with van der Waals surface area (Å²) in [5.74, 6) is 0.543. The summed E-state index contributed by atoms with van der Waals surface area (Å²) in [5, 5.41) is 1.31. The summed E-state index contributed by atoms with van der Waals surface area (Å²) < 4.78 is 14.4. The van der Waals surface area contributed by atoms with E-state index >= 15 is 0 Å². The molecule has 3 heteroatoms. The van der Waals surface area contributed by atoms with Gasteiger partial charge < -0.3 is 14.0 Å². The van der Waals surface area contributed by atoms with Gasteiger partial charge in [-0.25, -0.2) is 0 Å². The van der Waals surface area contributed by atoms with Crippen molar-refractivity contribution in [3.05, 3.63) is 53.8 Å². The molecule has 5 rings (SSSR count). The number of allylic oxidation sites excluding steroid dienone is 1. The lowest BCUT2D eigenvalue weighted by atomic mass is 9.69. The van der Waals surface area contributed by atoms with Crippen LogP contribution < -0.4 is 0 Å². The number of hydrogen-bond acceptors (Lipinski definition) is 2. The highest BCUT2D eigenvalue weighted by molar-refractivity contribution is 5.96. The minimum absolute atomic E-state index is 0.0450. The lowest BCUT2D eigenvalue weighted by molar-refractivity contribution is 0.0484. The van der Waals surface area contributed by atoms with Crippen LogP contribution in [0.2, 0.25) is 0 Å². The Balaban J connectivity index is 1.85. The molecule has 1 aliphatic carbocycles. The highest BCUT2D eigenvalue weighted by Crippen LogP contribution is 2.55. The second-order valence-electron chi connectivity index (χ2n) is 6.69. The maximum absolute atomic E-state index is 6.04. The van der Waals surface area contributed by atoms with E-state index in [4.69, 9.17) is 9.47 Å². The van der Waals surface area contributed by atoms with Crippen LogP contribution in [0.15, 0.2) is 48.2 Å². The van der Waals surface area contributed by atoms with Crippen LogP contribution in [0.3, 0.4) is 0 Å². The molecule has 1 aromatic heterocycles. The average Bonchev–Trinajstić information content (AvgIpc) is 3.13. The summed E-state index contributed by atoms with van der Waals surface area (Å²) >= 11 is 0. The van der Waals surface area contributed by atoms with Gasteiger partial charge in [-0.15, -0.1) is 0 Å². The van der Waals surface area contributed by atoms with Crippen LogP contribution in [0.4, 0.5) is 0 Å². The number of hydrogen-bond donors (Lipinski definition) is 0. The molecule has 1 aromatic carbocycles. The molecule has 23 heavy (non-hydrogen) atoms. The van der Waals surface area contributed by atoms with Crippen molar-refractivity contribution >= 4 is 16.5 Å². The molecule has 1 fully saturated rings. The molecule has 2 aliphatic heterocycles. The third-order valence-corrected chi connectivity index (χ3v) is 5.69. The number of rotatable bonds is 2. The van der Waals surface area contributed by atoms with Crippen molar-refractivity contribution in [3.8, 4) is 0 Å². The van der Waals surface area contributed by atoms with Gasteiger partial charge in [0, 0.05) is 36.8 Å². The molecule has 3 aliphatic rings. The summed E-state index contributed by atoms with van der Waals surface area (Å²) in [4.78, 5) is 0. The first-order valence-corrected chi connectivity index (χ1v) is 8.46. The third kappa shape index (κ3) is 1.62. The monoisotopic (exact) mass is 307 g/mol. The number of nitrogens with zero attached hydrogens (tertiary/aromatic N) is 1. The number of ether oxygens (including phenoxy) is 2. The zero-order valence-corrected chi connectivity index (χ0v) is 13.5. The van der Waals surface area contributed by atoms with Gasteiger partial charge in [0.05, 0.1) is 17.7 Å². The Hall–Kier alpha value is -1.84. The van der Waals surface area contributed by atoms with E-state index in [-0.39, 0.29) is 18.2 Å². The van der Waals surface area contributed by atoms with Gasteiger partial charge in [-0.1, -0.05) is 30.4 Å². The molecule has 0 N–H and O–H groups in total. The van der Waals surface area contributed by atoms with Crippen LogP contribution in [-0.4, -0.2) is 30.5 Å². The van der Waals surface area contributed by atoms with E-state index in [9.17, 15) is 0 Å². The number of fused-ring (bicyclic) bond motifs is 4. The van der Waals surface area contributed by atoms with Crippen molar-refractivity contribution in [1.29, 1.82) is 0 Å². The van der Waals surface area contributed by atoms with Gasteiger partial charge in [-0.05, 0) is 30.6 Å². The van der Waals surface area contributed by atoms with E-state index in [0.717, 1.165) is 13.0 Å². The minimum atomic E-state index is 0.0450. The predicted molar refractivity (Wildman–Crippen MR) is 91.4 cm³/mol. The molecule has 0 unspecified atom stereocenters. The van der Waals surface area contributed by atoms with Gasteiger partial charge >= 0.3 is 0 Å². The Morgan fingerprint density at radius 2 is 2.22 bits per heavy atom. The van der Waals surface area contributed by atoms with Gasteiger partial charge in [0.2, 0.25) is 0 Å². The summed E-state index contributed by atoms with van der Waals surface area (Å²) in [6, 6.07) is 9.05. The molecule has 4 atom stereocenters. The smallest absolute Gasteiger partial charge is 0.105 e. The van der Waals surface area contributed by atoms with Crippen molar-refractivity contribution in [2.75, 3.05) is 13.7 Å². The average molecular weight is 307 g/mol. The van der Waals surface area contributed by atoms with Crippen molar-refractivity contribution in [1.82, 2.24) is 4.57 Å². The first-order chi connectivity index (χ1) is 11.3. The van der Waals surface area contributed by atoms with Crippen LogP contribution in [0.25, 0.3) is 16.5 Å². The van der Waals surface area contributed by atoms with Crippen molar-refractivity contribution in [3.63, 3.8) is 0 Å². The molecule has 0 bridgehead atoms. The fourth-order valence-corrected chi connectivity index (χ4v) is 4.81. The van der Waals surface area contributed by atoms with E-state index in [1.165, 1.54) is 27.6 Å². The quantitative estimate of drug-likeness (QED) is 0.784. The molecule has 0 spiro atoms. The normalized spacial score (nSPS) is 32.1. The Kier molecular flexibility index (Phi) is 2.85. The zero-order chi connectivity index (χ0) is 15.6. The van der Waals surface area contributed by atoms with Crippen LogP contribution in [-0.2, 0) is 9.47 Å². The fourth-order valence-electron chi connectivity index (χ4n) is 4.81. The zero-order valence-electron chi connectivity index (χ0n) is 13.5. The van der Waals surface area contributed by atoms with E-state index in [2.05, 4.69) is 54.1 Å². The predicted octanol–water partition coefficient (Wildman–Crippen LogP) is 3.96. The van der Waals surface area contributed by atoms with Gasteiger partial charge in [0.25, 0.3) is 0 Å². The molecular formula is C20H21NO2. The van der Waals surface area contributed by atoms with Gasteiger partial charge in [0.15, 0.2) is 0 Å². The van der Waals surface area contributed by atoms with E-state index in [0.29, 0.717) is 5.92 Å². The van der Waals surface area contributed by atoms with E-state index < -0.39 is 0 Å². The fraction of sp³-hybridized carbons (Fsp3) is 0.400. The molecule has 0 amide bonds. The van der Waals surface area contributed by atoms with Crippen LogP contribution in [0, 0.1) is 5.92 Å². The Morgan fingerprint density at radius 1 is 1.30 bits per heavy atom. The lowest BCUT2D eigenvalue weighted by Gasteiger charge is -2.40. The SMILES string of the molecule is C/C=C/[C@@H]1[C@H](OC)C2=C(c3cccc4ccn1c34)[C@H]1CCO[C@@H]21. The summed E-state index contributed by atoms with van der Waals surface area (Å²) in [5.41, 5.74) is 5.57. The van der Waals surface area contributed by atoms with Crippen molar-refractivity contribution < 1.29 is 9.47 Å². The Bertz CT molecular complexity index is 844. The summed E-state index contributed by atoms with van der Waals surface area (Å²) in [7, 11) is 1.82. The van der Waals surface area contributed by atoms with Gasteiger partial charge in [-0.2, -0.15) is 0 Å².